The molecule has 0 saturated heterocycles. The minimum atomic E-state index is 0.305. The van der Waals surface area contributed by atoms with Gasteiger partial charge in [0, 0.05) is 31.2 Å². The number of hydrogen-bond donors (Lipinski definition) is 0. The minimum absolute atomic E-state index is 0.305. The van der Waals surface area contributed by atoms with Gasteiger partial charge in [0.25, 0.3) is 0 Å². The number of aromatic nitrogens is 2. The van der Waals surface area contributed by atoms with Crippen LogP contribution in [0.25, 0.3) is 11.4 Å². The van der Waals surface area contributed by atoms with Crippen LogP contribution < -0.4 is 9.47 Å². The summed E-state index contributed by atoms with van der Waals surface area (Å²) in [5.74, 6) is 2.75. The summed E-state index contributed by atoms with van der Waals surface area (Å²) in [7, 11) is 0. The van der Waals surface area contributed by atoms with Crippen molar-refractivity contribution in [2.45, 2.75) is 58.3 Å². The van der Waals surface area contributed by atoms with Crippen molar-refractivity contribution in [1.82, 2.24) is 14.5 Å². The van der Waals surface area contributed by atoms with Gasteiger partial charge in [-0.1, -0.05) is 74.0 Å². The lowest BCUT2D eigenvalue weighted by Gasteiger charge is -2.29. The molecule has 0 amide bonds. The number of rotatable bonds is 9. The third-order valence-electron chi connectivity index (χ3n) is 7.44. The number of nitrogens with zero attached hydrogens (tertiary/aromatic N) is 3. The van der Waals surface area contributed by atoms with E-state index in [4.69, 9.17) is 14.5 Å². The lowest BCUT2D eigenvalue weighted by Crippen LogP contribution is -2.35. The van der Waals surface area contributed by atoms with Crippen LogP contribution in [0.5, 0.6) is 11.5 Å². The molecule has 2 heterocycles. The Kier molecular flexibility index (Phi) is 6.48. The van der Waals surface area contributed by atoms with E-state index in [1.165, 1.54) is 27.9 Å². The molecule has 0 fully saturated rings. The molecular weight excluding hydrogens is 446 g/mol. The van der Waals surface area contributed by atoms with Crippen molar-refractivity contribution in [1.29, 1.82) is 0 Å². The fourth-order valence-electron chi connectivity index (χ4n) is 5.51. The summed E-state index contributed by atoms with van der Waals surface area (Å²) in [6.45, 7) is 5.25. The molecule has 0 unspecified atom stereocenters. The second-order valence-electron chi connectivity index (χ2n) is 9.87. The van der Waals surface area contributed by atoms with Crippen molar-refractivity contribution in [3.05, 3.63) is 101 Å². The minimum Gasteiger partial charge on any atom is -0.454 e. The average Bonchev–Trinajstić information content (AvgIpc) is 3.65. The van der Waals surface area contributed by atoms with Crippen LogP contribution in [0.15, 0.2) is 79.0 Å². The van der Waals surface area contributed by atoms with Gasteiger partial charge in [-0.3, -0.25) is 4.90 Å². The van der Waals surface area contributed by atoms with Crippen LogP contribution in [0.2, 0.25) is 0 Å². The predicted octanol–water partition coefficient (Wildman–Crippen LogP) is 6.25. The lowest BCUT2D eigenvalue weighted by atomic mass is 10.1. The summed E-state index contributed by atoms with van der Waals surface area (Å²) >= 11 is 0. The molecule has 5 nitrogen and oxygen atoms in total. The van der Waals surface area contributed by atoms with Crippen LogP contribution in [0, 0.1) is 0 Å². The number of hydrogen-bond acceptors (Lipinski definition) is 4. The summed E-state index contributed by atoms with van der Waals surface area (Å²) in [4.78, 5) is 7.54. The van der Waals surface area contributed by atoms with Gasteiger partial charge >= 0.3 is 0 Å². The van der Waals surface area contributed by atoms with E-state index in [1.54, 1.807) is 0 Å². The van der Waals surface area contributed by atoms with Gasteiger partial charge in [-0.2, -0.15) is 0 Å². The molecule has 1 aliphatic heterocycles. The molecule has 0 radical (unpaired) electrons. The topological polar surface area (TPSA) is 39.5 Å². The van der Waals surface area contributed by atoms with E-state index in [2.05, 4.69) is 89.3 Å². The molecule has 0 N–H and O–H groups in total. The van der Waals surface area contributed by atoms with Gasteiger partial charge in [-0.15, -0.1) is 0 Å². The van der Waals surface area contributed by atoms with E-state index in [9.17, 15) is 0 Å². The molecular formula is C31H33N3O2. The fraction of sp³-hybridized carbons (Fsp3) is 0.323. The first-order valence-electron chi connectivity index (χ1n) is 13.1. The molecule has 5 heteroatoms. The highest BCUT2D eigenvalue weighted by atomic mass is 16.7. The summed E-state index contributed by atoms with van der Waals surface area (Å²) < 4.78 is 13.7. The number of ether oxygens (including phenoxy) is 2. The van der Waals surface area contributed by atoms with Gasteiger partial charge in [-0.05, 0) is 48.1 Å². The number of benzene rings is 3. The van der Waals surface area contributed by atoms with Crippen molar-refractivity contribution < 1.29 is 9.47 Å². The monoisotopic (exact) mass is 479 g/mol. The molecule has 0 saturated carbocycles. The zero-order valence-corrected chi connectivity index (χ0v) is 20.9. The molecule has 4 aromatic rings. The highest BCUT2D eigenvalue weighted by Crippen LogP contribution is 2.34. The molecule has 2 aliphatic rings. The highest BCUT2D eigenvalue weighted by Gasteiger charge is 2.28. The highest BCUT2D eigenvalue weighted by molar-refractivity contribution is 5.56. The van der Waals surface area contributed by atoms with Crippen molar-refractivity contribution in [3.63, 3.8) is 0 Å². The van der Waals surface area contributed by atoms with Crippen molar-refractivity contribution in [2.75, 3.05) is 6.79 Å². The van der Waals surface area contributed by atoms with Gasteiger partial charge in [-0.25, -0.2) is 4.98 Å². The van der Waals surface area contributed by atoms with Gasteiger partial charge in [0.15, 0.2) is 11.5 Å². The Morgan fingerprint density at radius 1 is 0.889 bits per heavy atom. The number of fused-ring (bicyclic) bond motifs is 2. The first kappa shape index (κ1) is 22.9. The third-order valence-corrected chi connectivity index (χ3v) is 7.44. The molecule has 0 spiro atoms. The Bertz CT molecular complexity index is 1310. The van der Waals surface area contributed by atoms with Crippen LogP contribution in [0.3, 0.4) is 0 Å². The lowest BCUT2D eigenvalue weighted by molar-refractivity contribution is 0.173. The standard InChI is InChI=1S/C31H33N3O2/c1-2-3-15-34-28(19-32-31(34)24-9-5-4-6-10-24)21-33(27-17-25-11-7-8-12-26(25)18-27)20-23-13-14-29-30(16-23)36-22-35-29/h4-14,16,19,27H,2-3,15,17-18,20-22H2,1H3. The van der Waals surface area contributed by atoms with Crippen molar-refractivity contribution >= 4 is 0 Å². The normalized spacial score (nSPS) is 14.5. The Morgan fingerprint density at radius 2 is 1.64 bits per heavy atom. The smallest absolute Gasteiger partial charge is 0.231 e. The zero-order chi connectivity index (χ0) is 24.3. The fourth-order valence-corrected chi connectivity index (χ4v) is 5.51. The Balaban J connectivity index is 1.32. The molecule has 1 aromatic heterocycles. The summed E-state index contributed by atoms with van der Waals surface area (Å²) in [5, 5.41) is 0. The first-order valence-corrected chi connectivity index (χ1v) is 13.1. The molecule has 36 heavy (non-hydrogen) atoms. The largest absolute Gasteiger partial charge is 0.454 e. The maximum atomic E-state index is 5.68. The second kappa shape index (κ2) is 10.2. The Morgan fingerprint density at radius 3 is 2.42 bits per heavy atom. The molecule has 3 aromatic carbocycles. The summed E-state index contributed by atoms with van der Waals surface area (Å²) in [5.41, 5.74) is 6.65. The SMILES string of the molecule is CCCCn1c(CN(Cc2ccc3c(c2)OCO3)C2Cc3ccccc3C2)cnc1-c1ccccc1. The average molecular weight is 480 g/mol. The van der Waals surface area contributed by atoms with E-state index in [1.807, 2.05) is 6.07 Å². The van der Waals surface area contributed by atoms with E-state index in [0.29, 0.717) is 12.8 Å². The van der Waals surface area contributed by atoms with Gasteiger partial charge < -0.3 is 14.0 Å². The molecule has 184 valence electrons. The maximum absolute atomic E-state index is 5.68. The van der Waals surface area contributed by atoms with Crippen molar-refractivity contribution in [2.24, 2.45) is 0 Å². The van der Waals surface area contributed by atoms with E-state index >= 15 is 0 Å². The number of imidazole rings is 1. The first-order chi connectivity index (χ1) is 17.8. The van der Waals surface area contributed by atoms with E-state index in [0.717, 1.165) is 62.6 Å². The van der Waals surface area contributed by atoms with Crippen LogP contribution in [-0.2, 0) is 32.5 Å². The summed E-state index contributed by atoms with van der Waals surface area (Å²) in [6.07, 6.45) is 6.54. The van der Waals surface area contributed by atoms with E-state index < -0.39 is 0 Å². The second-order valence-corrected chi connectivity index (χ2v) is 9.87. The summed E-state index contributed by atoms with van der Waals surface area (Å²) in [6, 6.07) is 26.3. The van der Waals surface area contributed by atoms with E-state index in [-0.39, 0.29) is 0 Å². The molecule has 1 aliphatic carbocycles. The molecule has 0 bridgehead atoms. The van der Waals surface area contributed by atoms with Gasteiger partial charge in [0.1, 0.15) is 5.82 Å². The van der Waals surface area contributed by atoms with Crippen molar-refractivity contribution in [3.8, 4) is 22.9 Å². The number of unbranched alkanes of at least 4 members (excludes halogenated alkanes) is 1. The van der Waals surface area contributed by atoms with Gasteiger partial charge in [0.05, 0.1) is 11.9 Å². The quantitative estimate of drug-likeness (QED) is 0.285. The Hall–Kier alpha value is -3.57. The maximum Gasteiger partial charge on any atom is 0.231 e. The van der Waals surface area contributed by atoms with Crippen LogP contribution >= 0.6 is 0 Å². The van der Waals surface area contributed by atoms with Crippen LogP contribution in [0.1, 0.15) is 42.1 Å². The predicted molar refractivity (Wildman–Crippen MR) is 142 cm³/mol. The Labute approximate surface area is 213 Å². The van der Waals surface area contributed by atoms with Crippen LogP contribution in [0.4, 0.5) is 0 Å². The molecule has 0 atom stereocenters. The van der Waals surface area contributed by atoms with Crippen LogP contribution in [-0.4, -0.2) is 27.3 Å². The zero-order valence-electron chi connectivity index (χ0n) is 20.9. The van der Waals surface area contributed by atoms with Gasteiger partial charge in [0.2, 0.25) is 6.79 Å². The molecule has 6 rings (SSSR count). The third kappa shape index (κ3) is 4.63.